The maximum Gasteiger partial charge on any atom is 1.00 e. The molecule has 0 aliphatic heterocycles. The Morgan fingerprint density at radius 1 is 0.597 bits per heavy atom. The second-order valence-electron chi connectivity index (χ2n) is 19.6. The number of hydrogen-bond acceptors (Lipinski definition) is 13. The van der Waals surface area contributed by atoms with E-state index in [1.807, 2.05) is 0 Å². The zero-order valence-corrected chi connectivity index (χ0v) is 45.5. The minimum absolute atomic E-state index is 0. The summed E-state index contributed by atoms with van der Waals surface area (Å²) in [6, 6.07) is 8.88. The Kier molecular flexibility index (Phi) is 21.5. The Balaban J connectivity index is 0.000000328. The van der Waals surface area contributed by atoms with Crippen LogP contribution in [0.2, 0.25) is 10.0 Å². The van der Waals surface area contributed by atoms with E-state index < -0.39 is 178 Å². The predicted octanol–water partition coefficient (Wildman–Crippen LogP) is 10.4. The van der Waals surface area contributed by atoms with Gasteiger partial charge in [0.15, 0.2) is 22.9 Å². The zero-order valence-electron chi connectivity index (χ0n) is 42.0. The van der Waals surface area contributed by atoms with Gasteiger partial charge in [-0.3, -0.25) is 14.4 Å². The van der Waals surface area contributed by atoms with Crippen LogP contribution in [0, 0.1) is 22.5 Å². The van der Waals surface area contributed by atoms with Crippen LogP contribution < -0.4 is 34.7 Å². The van der Waals surface area contributed by atoms with Gasteiger partial charge in [-0.15, -0.1) is 0 Å². The number of ketones is 2. The molecule has 2 aromatic carbocycles. The molecule has 0 amide bonds. The molecule has 4 heterocycles. The van der Waals surface area contributed by atoms with Crippen molar-refractivity contribution in [3.8, 4) is 22.9 Å². The number of nitrogens with zero attached hydrogens (tertiary/aromatic N) is 4. The van der Waals surface area contributed by atoms with Gasteiger partial charge in [0.05, 0.1) is 22.5 Å². The van der Waals surface area contributed by atoms with Gasteiger partial charge in [0.25, 0.3) is 12.9 Å². The van der Waals surface area contributed by atoms with Crippen molar-refractivity contribution in [3.63, 3.8) is 0 Å². The van der Waals surface area contributed by atoms with Gasteiger partial charge in [-0.1, -0.05) is 97.5 Å². The molecule has 0 aliphatic carbocycles. The van der Waals surface area contributed by atoms with E-state index in [0.29, 0.717) is 0 Å². The molecule has 0 aliphatic rings. The molecule has 0 unspecified atom stereocenters. The third-order valence-corrected chi connectivity index (χ3v) is 12.3. The Labute approximate surface area is 464 Å². The Morgan fingerprint density at radius 3 is 1.27 bits per heavy atom. The molecule has 6 aromatic rings. The number of hydrogen-bond donors (Lipinski definition) is 1. The SMILES string of the molecule is CC(C)(C)C(F)(F)c1cc(-c2onc([C@@H](CCC(=O)O)CC(=O)Cc3ccc(Cl)cc3F)c2C(F)F)no1.CC(C)(C)C(F)(F)c1cc(-c2onc([C@@H](CCC(=O)[O-])CC(=O)Cc3ccc(Cl)cc3F)c2C(F)F)no1.[Na+]. The smallest absolute Gasteiger partial charge is 0.550 e. The number of carboxylic acid groups (broad SMARTS) is 2. The minimum atomic E-state index is -3.51. The van der Waals surface area contributed by atoms with Crippen LogP contribution in [-0.2, 0) is 43.9 Å². The monoisotopic (exact) mass is 1150 g/mol. The largest absolute Gasteiger partial charge is 1.00 e. The topological polar surface area (TPSA) is 216 Å². The third-order valence-electron chi connectivity index (χ3n) is 11.9. The molecular formula is C50H47Cl2F10N4NaO10. The molecule has 412 valence electrons. The molecule has 14 nitrogen and oxygen atoms in total. The number of aromatic nitrogens is 4. The van der Waals surface area contributed by atoms with Crippen molar-refractivity contribution in [2.24, 2.45) is 10.8 Å². The van der Waals surface area contributed by atoms with Crippen LogP contribution >= 0.6 is 23.2 Å². The van der Waals surface area contributed by atoms with Crippen LogP contribution in [0.3, 0.4) is 0 Å². The Hall–Kier alpha value is -5.56. The summed E-state index contributed by atoms with van der Waals surface area (Å²) in [5.41, 5.74) is -6.64. The number of Topliss-reactive ketones (excluding diaryl/α,β-unsaturated/α-hetero) is 2. The molecule has 1 N–H and O–H groups in total. The van der Waals surface area contributed by atoms with E-state index in [2.05, 4.69) is 20.6 Å². The van der Waals surface area contributed by atoms with E-state index in [4.69, 9.17) is 46.4 Å². The number of aliphatic carboxylic acids is 2. The van der Waals surface area contributed by atoms with Crippen molar-refractivity contribution in [2.75, 3.05) is 0 Å². The van der Waals surface area contributed by atoms with Crippen LogP contribution in [0.4, 0.5) is 43.9 Å². The number of carbonyl (C=O) groups excluding carboxylic acids is 3. The summed E-state index contributed by atoms with van der Waals surface area (Å²) in [4.78, 5) is 47.7. The normalized spacial score (nSPS) is 13.0. The van der Waals surface area contributed by atoms with Gasteiger partial charge >= 0.3 is 47.4 Å². The van der Waals surface area contributed by atoms with Crippen LogP contribution in [0.1, 0.15) is 150 Å². The molecule has 4 aromatic heterocycles. The Bertz CT molecular complexity index is 2840. The van der Waals surface area contributed by atoms with Crippen molar-refractivity contribution in [1.29, 1.82) is 0 Å². The molecule has 77 heavy (non-hydrogen) atoms. The van der Waals surface area contributed by atoms with E-state index in [-0.39, 0.29) is 63.6 Å². The van der Waals surface area contributed by atoms with Gasteiger partial charge in [0, 0.05) is 82.9 Å². The average Bonchev–Trinajstić information content (AvgIpc) is 4.14. The van der Waals surface area contributed by atoms with Crippen molar-refractivity contribution >= 4 is 46.7 Å². The first-order valence-electron chi connectivity index (χ1n) is 22.8. The second-order valence-corrected chi connectivity index (χ2v) is 20.4. The number of benzene rings is 2. The molecule has 6 rings (SSSR count). The molecular weight excluding hydrogens is 1100 g/mol. The first kappa shape index (κ1) is 64.0. The third kappa shape index (κ3) is 15.8. The molecule has 0 radical (unpaired) electrons. The fraction of sp³-hybridized carbons (Fsp3) is 0.440. The van der Waals surface area contributed by atoms with E-state index in [1.54, 1.807) is 0 Å². The predicted molar refractivity (Wildman–Crippen MR) is 247 cm³/mol. The summed E-state index contributed by atoms with van der Waals surface area (Å²) >= 11 is 11.4. The quantitative estimate of drug-likeness (QED) is 0.0494. The van der Waals surface area contributed by atoms with E-state index in [0.717, 1.165) is 24.3 Å². The van der Waals surface area contributed by atoms with Gasteiger partial charge in [-0.05, 0) is 54.7 Å². The molecule has 0 bridgehead atoms. The van der Waals surface area contributed by atoms with Crippen molar-refractivity contribution in [2.45, 2.75) is 129 Å². The number of carboxylic acids is 2. The maximum atomic E-state index is 14.7. The molecule has 0 spiro atoms. The van der Waals surface area contributed by atoms with Gasteiger partial charge in [-0.25, -0.2) is 26.3 Å². The molecule has 0 saturated carbocycles. The summed E-state index contributed by atoms with van der Waals surface area (Å²) in [6.45, 7) is 7.52. The van der Waals surface area contributed by atoms with Crippen molar-refractivity contribution in [3.05, 3.63) is 115 Å². The van der Waals surface area contributed by atoms with E-state index in [9.17, 15) is 68.2 Å². The zero-order chi connectivity index (χ0) is 56.8. The minimum Gasteiger partial charge on any atom is -0.550 e. The summed E-state index contributed by atoms with van der Waals surface area (Å²) < 4.78 is 163. The number of rotatable bonds is 22. The summed E-state index contributed by atoms with van der Waals surface area (Å²) in [7, 11) is 0. The van der Waals surface area contributed by atoms with Gasteiger partial charge in [0.1, 0.15) is 23.2 Å². The molecule has 0 saturated heterocycles. The molecule has 0 fully saturated rings. The standard InChI is InChI=1S/2C25H24ClF5N2O5.Na/c2*1-24(2,3)25(30,31)18-11-17(32-37-18)22-20(23(28)29)21(33-38-22)13(5-7-19(35)36)9-15(34)8-12-4-6-14(26)10-16(12)27;/h2*4,6,10-11,13,23H,5,7-9H2,1-3H3,(H,35,36);/q;;+1/p-1/t2*13-;/m00./s1. The fourth-order valence-corrected chi connectivity index (χ4v) is 7.83. The number of halogens is 12. The van der Waals surface area contributed by atoms with Gasteiger partial charge < -0.3 is 33.1 Å². The second kappa shape index (κ2) is 25.9. The number of alkyl halides is 8. The maximum absolute atomic E-state index is 14.7. The Morgan fingerprint density at radius 2 is 0.961 bits per heavy atom. The van der Waals surface area contributed by atoms with Crippen LogP contribution in [0.5, 0.6) is 0 Å². The van der Waals surface area contributed by atoms with Crippen molar-refractivity contribution in [1.82, 2.24) is 20.6 Å². The summed E-state index contributed by atoms with van der Waals surface area (Å²) in [5, 5.41) is 34.6. The van der Waals surface area contributed by atoms with E-state index in [1.165, 1.54) is 65.8 Å². The van der Waals surface area contributed by atoms with Crippen LogP contribution in [0.15, 0.2) is 66.6 Å². The summed E-state index contributed by atoms with van der Waals surface area (Å²) in [5.74, 6) is -17.8. The summed E-state index contributed by atoms with van der Waals surface area (Å²) in [6.07, 6.45) is -10.0. The van der Waals surface area contributed by atoms with Gasteiger partial charge in [0.2, 0.25) is 11.5 Å². The van der Waals surface area contributed by atoms with Gasteiger partial charge in [-0.2, -0.15) is 17.6 Å². The molecule has 2 atom stereocenters. The number of carbonyl (C=O) groups is 4. The van der Waals surface area contributed by atoms with Crippen molar-refractivity contribution < 1.29 is 121 Å². The van der Waals surface area contributed by atoms with E-state index >= 15 is 0 Å². The average molecular weight is 1150 g/mol. The van der Waals surface area contributed by atoms with Crippen LogP contribution in [0.25, 0.3) is 22.9 Å². The van der Waals surface area contributed by atoms with Crippen LogP contribution in [-0.4, -0.2) is 49.2 Å². The fourth-order valence-electron chi connectivity index (χ4n) is 7.51. The first-order valence-corrected chi connectivity index (χ1v) is 23.6. The first-order chi connectivity index (χ1) is 35.2. The molecule has 27 heteroatoms.